The second kappa shape index (κ2) is 8.80. The normalized spacial score (nSPS) is 15.3. The van der Waals surface area contributed by atoms with Crippen LogP contribution in [0.25, 0.3) is 0 Å². The molecule has 0 unspecified atom stereocenters. The molecule has 8 heteroatoms. The van der Waals surface area contributed by atoms with Gasteiger partial charge in [-0.3, -0.25) is 4.79 Å². The van der Waals surface area contributed by atoms with E-state index in [1.165, 1.54) is 0 Å². The number of nitrogens with zero attached hydrogens (tertiary/aromatic N) is 3. The highest BCUT2D eigenvalue weighted by Gasteiger charge is 2.32. The lowest BCUT2D eigenvalue weighted by Gasteiger charge is -2.18. The molecule has 0 radical (unpaired) electrons. The molecule has 1 aliphatic heterocycles. The van der Waals surface area contributed by atoms with Crippen LogP contribution in [0.4, 0.5) is 11.4 Å². The highest BCUT2D eigenvalue weighted by molar-refractivity contribution is 6.33. The topological polar surface area (TPSA) is 103 Å². The van der Waals surface area contributed by atoms with Gasteiger partial charge in [0.25, 0.3) is 0 Å². The summed E-state index contributed by atoms with van der Waals surface area (Å²) in [7, 11) is 0. The zero-order valence-corrected chi connectivity index (χ0v) is 18.2. The van der Waals surface area contributed by atoms with E-state index >= 15 is 0 Å². The zero-order valence-electron chi connectivity index (χ0n) is 16.7. The molecule has 1 aliphatic rings. The number of carbonyl (C=O) groups excluding carboxylic acids is 1. The first kappa shape index (κ1) is 21.5. The Morgan fingerprint density at radius 3 is 2.50 bits per heavy atom. The van der Waals surface area contributed by atoms with Gasteiger partial charge in [-0.1, -0.05) is 35.3 Å². The van der Waals surface area contributed by atoms with Gasteiger partial charge in [0.1, 0.15) is 17.9 Å². The molecule has 6 nitrogen and oxygen atoms in total. The highest BCUT2D eigenvalue weighted by atomic mass is 35.5. The minimum atomic E-state index is -0.0966. The van der Waals surface area contributed by atoms with Crippen molar-refractivity contribution in [3.05, 3.63) is 81.3 Å². The molecule has 1 amide bonds. The van der Waals surface area contributed by atoms with Crippen LogP contribution in [0.1, 0.15) is 29.0 Å². The molecule has 0 aromatic heterocycles. The molecule has 0 spiro atoms. The highest BCUT2D eigenvalue weighted by Crippen LogP contribution is 2.39. The molecule has 1 atom stereocenters. The molecule has 2 N–H and O–H groups in total. The van der Waals surface area contributed by atoms with E-state index in [1.807, 2.05) is 12.1 Å². The molecular formula is C24H16Cl2N4O2. The smallest absolute Gasteiger partial charge is 0.227 e. The number of nitrogen functional groups attached to an aromatic ring is 1. The molecule has 32 heavy (non-hydrogen) atoms. The Hall–Kier alpha value is -3.71. The minimum absolute atomic E-state index is 0.0469. The monoisotopic (exact) mass is 462 g/mol. The average Bonchev–Trinajstić information content (AvgIpc) is 3.18. The number of rotatable bonds is 4. The van der Waals surface area contributed by atoms with Gasteiger partial charge >= 0.3 is 0 Å². The summed E-state index contributed by atoms with van der Waals surface area (Å²) < 4.78 is 5.91. The van der Waals surface area contributed by atoms with Crippen LogP contribution in [0.3, 0.4) is 0 Å². The molecule has 0 aliphatic carbocycles. The third-order valence-corrected chi connectivity index (χ3v) is 5.93. The summed E-state index contributed by atoms with van der Waals surface area (Å²) in [5.74, 6) is 0.435. The summed E-state index contributed by atoms with van der Waals surface area (Å²) in [5.41, 5.74) is 8.42. The summed E-state index contributed by atoms with van der Waals surface area (Å²) in [6.07, 6.45) is 0.302. The molecule has 1 saturated heterocycles. The van der Waals surface area contributed by atoms with Crippen LogP contribution in [0.2, 0.25) is 10.0 Å². The van der Waals surface area contributed by atoms with Crippen molar-refractivity contribution < 1.29 is 9.53 Å². The zero-order chi connectivity index (χ0) is 22.8. The average molecular weight is 463 g/mol. The van der Waals surface area contributed by atoms with Crippen LogP contribution in [0, 0.1) is 22.7 Å². The molecule has 4 rings (SSSR count). The fourth-order valence-electron chi connectivity index (χ4n) is 3.66. The molecule has 3 aromatic rings. The van der Waals surface area contributed by atoms with Gasteiger partial charge in [-0.2, -0.15) is 10.5 Å². The summed E-state index contributed by atoms with van der Waals surface area (Å²) in [6, 6.07) is 19.2. The van der Waals surface area contributed by atoms with Gasteiger partial charge in [0.05, 0.1) is 26.9 Å². The van der Waals surface area contributed by atoms with Gasteiger partial charge < -0.3 is 15.4 Å². The predicted molar refractivity (Wildman–Crippen MR) is 123 cm³/mol. The lowest BCUT2D eigenvalue weighted by atomic mass is 9.98. The quantitative estimate of drug-likeness (QED) is 0.505. The van der Waals surface area contributed by atoms with Crippen molar-refractivity contribution >= 4 is 40.5 Å². The van der Waals surface area contributed by atoms with Crippen LogP contribution in [0.15, 0.2) is 54.6 Å². The maximum absolute atomic E-state index is 12.7. The van der Waals surface area contributed by atoms with E-state index in [0.29, 0.717) is 51.3 Å². The number of hydrogen-bond acceptors (Lipinski definition) is 5. The van der Waals surface area contributed by atoms with Crippen molar-refractivity contribution in [3.8, 4) is 23.6 Å². The summed E-state index contributed by atoms with van der Waals surface area (Å²) in [5, 5.41) is 19.1. The Kier molecular flexibility index (Phi) is 5.92. The van der Waals surface area contributed by atoms with Gasteiger partial charge in [-0.15, -0.1) is 0 Å². The Bertz CT molecular complexity index is 1310. The lowest BCUT2D eigenvalue weighted by Crippen LogP contribution is -2.24. The first-order chi connectivity index (χ1) is 15.4. The van der Waals surface area contributed by atoms with Crippen LogP contribution in [-0.4, -0.2) is 12.5 Å². The number of hydrogen-bond donors (Lipinski definition) is 1. The molecule has 3 aromatic carbocycles. The van der Waals surface area contributed by atoms with Crippen molar-refractivity contribution in [3.63, 3.8) is 0 Å². The Morgan fingerprint density at radius 1 is 1.00 bits per heavy atom. The molecule has 0 saturated carbocycles. The lowest BCUT2D eigenvalue weighted by molar-refractivity contribution is -0.117. The predicted octanol–water partition coefficient (Wildman–Crippen LogP) is 5.63. The van der Waals surface area contributed by atoms with E-state index in [1.54, 1.807) is 53.4 Å². The van der Waals surface area contributed by atoms with Crippen molar-refractivity contribution in [1.82, 2.24) is 0 Å². The molecule has 1 fully saturated rings. The van der Waals surface area contributed by atoms with Gasteiger partial charge in [-0.05, 0) is 48.0 Å². The van der Waals surface area contributed by atoms with E-state index in [4.69, 9.17) is 38.9 Å². The maximum atomic E-state index is 12.7. The first-order valence-electron chi connectivity index (χ1n) is 9.67. The number of halogens is 2. The molecule has 1 heterocycles. The summed E-state index contributed by atoms with van der Waals surface area (Å²) in [4.78, 5) is 14.4. The molecule has 0 bridgehead atoms. The number of ether oxygens (including phenoxy) is 1. The number of benzene rings is 3. The first-order valence-corrected chi connectivity index (χ1v) is 10.4. The van der Waals surface area contributed by atoms with E-state index < -0.39 is 0 Å². The van der Waals surface area contributed by atoms with Gasteiger partial charge in [-0.25, -0.2) is 0 Å². The van der Waals surface area contributed by atoms with E-state index in [0.717, 1.165) is 5.56 Å². The van der Waals surface area contributed by atoms with E-state index in [9.17, 15) is 10.1 Å². The fraction of sp³-hybridized carbons (Fsp3) is 0.125. The second-order valence-electron chi connectivity index (χ2n) is 7.31. The van der Waals surface area contributed by atoms with Crippen molar-refractivity contribution in [2.24, 2.45) is 0 Å². The van der Waals surface area contributed by atoms with E-state index in [2.05, 4.69) is 6.07 Å². The van der Waals surface area contributed by atoms with Gasteiger partial charge in [0.2, 0.25) is 5.91 Å². The standard InChI is InChI=1S/C24H16Cl2N4O2/c25-19-7-5-14(8-22(19)32-24-16(12-28)2-1-3-20(24)26)17-9-23(31)30(13-17)18-6-4-15(11-27)21(29)10-18/h1-8,10,17H,9,13,29H2/t17-/m0/s1. The second-order valence-corrected chi connectivity index (χ2v) is 8.12. The number of nitriles is 2. The Morgan fingerprint density at radius 2 is 1.78 bits per heavy atom. The Balaban J connectivity index is 1.61. The van der Waals surface area contributed by atoms with Crippen molar-refractivity contribution in [2.45, 2.75) is 12.3 Å². The molecule has 158 valence electrons. The third kappa shape index (κ3) is 4.07. The minimum Gasteiger partial charge on any atom is -0.453 e. The number of nitrogens with two attached hydrogens (primary N) is 1. The van der Waals surface area contributed by atoms with Crippen LogP contribution >= 0.6 is 23.2 Å². The molecular weight excluding hydrogens is 447 g/mol. The largest absolute Gasteiger partial charge is 0.453 e. The fourth-order valence-corrected chi connectivity index (χ4v) is 4.03. The SMILES string of the molecule is N#Cc1ccc(N2C[C@@H](c3ccc(Cl)c(Oc4c(Cl)cccc4C#N)c3)CC2=O)cc1N. The van der Waals surface area contributed by atoms with Gasteiger partial charge in [0, 0.05) is 24.6 Å². The van der Waals surface area contributed by atoms with Crippen molar-refractivity contribution in [2.75, 3.05) is 17.2 Å². The number of anilines is 2. The van der Waals surface area contributed by atoms with Crippen molar-refractivity contribution in [1.29, 1.82) is 10.5 Å². The maximum Gasteiger partial charge on any atom is 0.227 e. The number of para-hydroxylation sites is 1. The van der Waals surface area contributed by atoms with Crippen LogP contribution < -0.4 is 15.4 Å². The van der Waals surface area contributed by atoms with Crippen LogP contribution in [-0.2, 0) is 4.79 Å². The number of amides is 1. The number of carbonyl (C=O) groups is 1. The van der Waals surface area contributed by atoms with Gasteiger partial charge in [0.15, 0.2) is 5.75 Å². The van der Waals surface area contributed by atoms with Crippen LogP contribution in [0.5, 0.6) is 11.5 Å². The Labute approximate surface area is 194 Å². The summed E-state index contributed by atoms with van der Waals surface area (Å²) in [6.45, 7) is 0.445. The summed E-state index contributed by atoms with van der Waals surface area (Å²) >= 11 is 12.5. The third-order valence-electron chi connectivity index (χ3n) is 5.32. The van der Waals surface area contributed by atoms with E-state index in [-0.39, 0.29) is 17.6 Å².